The molecule has 92 valence electrons. The summed E-state index contributed by atoms with van der Waals surface area (Å²) >= 11 is 0. The Hall–Kier alpha value is -1.66. The van der Waals surface area contributed by atoms with Gasteiger partial charge in [-0.05, 0) is 18.6 Å². The molecule has 0 spiro atoms. The largest absolute Gasteiger partial charge is 0.480 e. The van der Waals surface area contributed by atoms with Gasteiger partial charge in [0.2, 0.25) is 10.0 Å². The maximum Gasteiger partial charge on any atom is 0.318 e. The van der Waals surface area contributed by atoms with E-state index in [1.54, 1.807) is 12.1 Å². The summed E-state index contributed by atoms with van der Waals surface area (Å²) < 4.78 is 24.6. The SMILES string of the molecule is Cc1ccc(C=CS(=O)(=O)NCC(=O)O)cc1. The normalized spacial score (nSPS) is 11.8. The first-order valence-electron chi connectivity index (χ1n) is 4.85. The Morgan fingerprint density at radius 2 is 1.94 bits per heavy atom. The molecule has 0 atom stereocenters. The second kappa shape index (κ2) is 5.60. The molecule has 0 fully saturated rings. The molecule has 0 aliphatic carbocycles. The van der Waals surface area contributed by atoms with Crippen LogP contribution in [0.15, 0.2) is 29.7 Å². The first-order valence-corrected chi connectivity index (χ1v) is 6.40. The first kappa shape index (κ1) is 13.4. The lowest BCUT2D eigenvalue weighted by Gasteiger charge is -1.98. The molecular formula is C11H13NO4S. The van der Waals surface area contributed by atoms with Gasteiger partial charge in [-0.2, -0.15) is 0 Å². The first-order chi connectivity index (χ1) is 7.89. The molecule has 0 saturated heterocycles. The van der Waals surface area contributed by atoms with Gasteiger partial charge in [0, 0.05) is 5.41 Å². The van der Waals surface area contributed by atoms with Gasteiger partial charge in [-0.3, -0.25) is 4.79 Å². The number of sulfonamides is 1. The van der Waals surface area contributed by atoms with Crippen LogP contribution >= 0.6 is 0 Å². The lowest BCUT2D eigenvalue weighted by molar-refractivity contribution is -0.135. The third-order valence-electron chi connectivity index (χ3n) is 1.94. The summed E-state index contributed by atoms with van der Waals surface area (Å²) in [5, 5.41) is 9.29. The van der Waals surface area contributed by atoms with Crippen molar-refractivity contribution in [3.63, 3.8) is 0 Å². The summed E-state index contributed by atoms with van der Waals surface area (Å²) in [5.74, 6) is -1.22. The molecule has 1 aromatic rings. The van der Waals surface area contributed by atoms with Crippen molar-refractivity contribution in [3.05, 3.63) is 40.8 Å². The molecule has 6 heteroatoms. The van der Waals surface area contributed by atoms with Crippen molar-refractivity contribution in [3.8, 4) is 0 Å². The van der Waals surface area contributed by atoms with E-state index in [2.05, 4.69) is 0 Å². The lowest BCUT2D eigenvalue weighted by atomic mass is 10.2. The van der Waals surface area contributed by atoms with Crippen molar-refractivity contribution in [2.24, 2.45) is 0 Å². The van der Waals surface area contributed by atoms with Gasteiger partial charge in [0.15, 0.2) is 0 Å². The Kier molecular flexibility index (Phi) is 4.42. The van der Waals surface area contributed by atoms with E-state index in [0.717, 1.165) is 16.5 Å². The lowest BCUT2D eigenvalue weighted by Crippen LogP contribution is -2.27. The van der Waals surface area contributed by atoms with Gasteiger partial charge in [-0.1, -0.05) is 29.8 Å². The third-order valence-corrected chi connectivity index (χ3v) is 2.98. The average Bonchev–Trinajstić information content (AvgIpc) is 2.26. The molecule has 2 N–H and O–H groups in total. The van der Waals surface area contributed by atoms with Gasteiger partial charge in [0.05, 0.1) is 0 Å². The van der Waals surface area contributed by atoms with Crippen molar-refractivity contribution in [2.75, 3.05) is 6.54 Å². The van der Waals surface area contributed by atoms with Crippen molar-refractivity contribution >= 4 is 22.1 Å². The minimum absolute atomic E-state index is 0.624. The summed E-state index contributed by atoms with van der Waals surface area (Å²) in [6.07, 6.45) is 1.41. The number of hydrogen-bond donors (Lipinski definition) is 2. The van der Waals surface area contributed by atoms with Crippen LogP contribution in [-0.4, -0.2) is 26.0 Å². The Morgan fingerprint density at radius 1 is 1.35 bits per heavy atom. The fraction of sp³-hybridized carbons (Fsp3) is 0.182. The van der Waals surface area contributed by atoms with Crippen LogP contribution in [0.3, 0.4) is 0 Å². The number of aliphatic carboxylic acids is 1. The molecule has 0 bridgehead atoms. The fourth-order valence-corrected chi connectivity index (χ4v) is 1.81. The summed E-state index contributed by atoms with van der Waals surface area (Å²) in [4.78, 5) is 10.2. The van der Waals surface area contributed by atoms with Crippen LogP contribution < -0.4 is 4.72 Å². The van der Waals surface area contributed by atoms with Crippen LogP contribution in [0.25, 0.3) is 6.08 Å². The topological polar surface area (TPSA) is 83.5 Å². The number of nitrogens with one attached hydrogen (secondary N) is 1. The van der Waals surface area contributed by atoms with E-state index in [9.17, 15) is 13.2 Å². The Balaban J connectivity index is 2.70. The van der Waals surface area contributed by atoms with Gasteiger partial charge < -0.3 is 5.11 Å². The van der Waals surface area contributed by atoms with Crippen LogP contribution in [0.1, 0.15) is 11.1 Å². The van der Waals surface area contributed by atoms with E-state index in [1.165, 1.54) is 6.08 Å². The standard InChI is InChI=1S/C11H13NO4S/c1-9-2-4-10(5-3-9)6-7-17(15,16)12-8-11(13)14/h2-7,12H,8H2,1H3,(H,13,14). The summed E-state index contributed by atoms with van der Waals surface area (Å²) in [6.45, 7) is 1.30. The molecule has 0 unspecified atom stereocenters. The smallest absolute Gasteiger partial charge is 0.318 e. The van der Waals surface area contributed by atoms with E-state index >= 15 is 0 Å². The zero-order chi connectivity index (χ0) is 12.9. The number of carboxylic acid groups (broad SMARTS) is 1. The summed E-state index contributed by atoms with van der Waals surface area (Å²) in [7, 11) is -3.70. The van der Waals surface area contributed by atoms with Crippen molar-refractivity contribution in [2.45, 2.75) is 6.92 Å². The number of aryl methyl sites for hydroxylation is 1. The zero-order valence-corrected chi connectivity index (χ0v) is 10.1. The molecular weight excluding hydrogens is 242 g/mol. The molecule has 17 heavy (non-hydrogen) atoms. The quantitative estimate of drug-likeness (QED) is 0.821. The Morgan fingerprint density at radius 3 is 2.47 bits per heavy atom. The van der Waals surface area contributed by atoms with E-state index in [-0.39, 0.29) is 0 Å². The number of carbonyl (C=O) groups is 1. The number of carboxylic acids is 1. The molecule has 0 heterocycles. The van der Waals surface area contributed by atoms with Gasteiger partial charge >= 0.3 is 5.97 Å². The summed E-state index contributed by atoms with van der Waals surface area (Å²) in [5.41, 5.74) is 1.81. The van der Waals surface area contributed by atoms with Crippen LogP contribution in [0.5, 0.6) is 0 Å². The molecule has 0 aliphatic heterocycles. The average molecular weight is 255 g/mol. The number of rotatable bonds is 5. The van der Waals surface area contributed by atoms with Crippen LogP contribution in [0.4, 0.5) is 0 Å². The highest BCUT2D eigenvalue weighted by Crippen LogP contribution is 2.05. The second-order valence-electron chi connectivity index (χ2n) is 3.47. The minimum atomic E-state index is -3.70. The molecule has 1 aromatic carbocycles. The minimum Gasteiger partial charge on any atom is -0.480 e. The van der Waals surface area contributed by atoms with Crippen LogP contribution in [-0.2, 0) is 14.8 Å². The number of benzene rings is 1. The van der Waals surface area contributed by atoms with Crippen LogP contribution in [0, 0.1) is 6.92 Å². The molecule has 0 radical (unpaired) electrons. The molecule has 0 aliphatic rings. The monoisotopic (exact) mass is 255 g/mol. The highest BCUT2D eigenvalue weighted by atomic mass is 32.2. The summed E-state index contributed by atoms with van der Waals surface area (Å²) in [6, 6.07) is 7.27. The maximum atomic E-state index is 11.3. The van der Waals surface area contributed by atoms with E-state index in [0.29, 0.717) is 0 Å². The van der Waals surface area contributed by atoms with Gasteiger partial charge in [-0.25, -0.2) is 13.1 Å². The predicted octanol–water partition coefficient (Wildman–Crippen LogP) is 0.970. The van der Waals surface area contributed by atoms with Gasteiger partial charge in [0.25, 0.3) is 0 Å². The van der Waals surface area contributed by atoms with Crippen LogP contribution in [0.2, 0.25) is 0 Å². The van der Waals surface area contributed by atoms with Crippen molar-refractivity contribution in [1.29, 1.82) is 0 Å². The third kappa shape index (κ3) is 5.28. The molecule has 0 amide bonds. The van der Waals surface area contributed by atoms with Gasteiger partial charge in [0.1, 0.15) is 6.54 Å². The fourth-order valence-electron chi connectivity index (χ4n) is 1.06. The van der Waals surface area contributed by atoms with E-state index in [1.807, 2.05) is 23.8 Å². The zero-order valence-electron chi connectivity index (χ0n) is 9.25. The van der Waals surface area contributed by atoms with Gasteiger partial charge in [-0.15, -0.1) is 0 Å². The number of hydrogen-bond acceptors (Lipinski definition) is 3. The molecule has 0 saturated carbocycles. The predicted molar refractivity (Wildman–Crippen MR) is 64.8 cm³/mol. The highest BCUT2D eigenvalue weighted by molar-refractivity contribution is 7.92. The highest BCUT2D eigenvalue weighted by Gasteiger charge is 2.06. The molecule has 0 aromatic heterocycles. The van der Waals surface area contributed by atoms with Crippen molar-refractivity contribution < 1.29 is 18.3 Å². The van der Waals surface area contributed by atoms with E-state index < -0.39 is 22.5 Å². The maximum absolute atomic E-state index is 11.3. The second-order valence-corrected chi connectivity index (χ2v) is 5.12. The van der Waals surface area contributed by atoms with Crippen molar-refractivity contribution in [1.82, 2.24) is 4.72 Å². The molecule has 1 rings (SSSR count). The van der Waals surface area contributed by atoms with E-state index in [4.69, 9.17) is 5.11 Å². The Labute approximate surface area is 99.8 Å². The molecule has 5 nitrogen and oxygen atoms in total. The Bertz CT molecular complexity index is 517.